The summed E-state index contributed by atoms with van der Waals surface area (Å²) in [5.41, 5.74) is 1.19. The minimum absolute atomic E-state index is 0.0317. The van der Waals surface area contributed by atoms with Gasteiger partial charge in [0.25, 0.3) is 11.8 Å². The molecule has 0 unspecified atom stereocenters. The van der Waals surface area contributed by atoms with Crippen LogP contribution in [0.5, 0.6) is 0 Å². The zero-order valence-corrected chi connectivity index (χ0v) is 13.3. The second kappa shape index (κ2) is 6.45. The van der Waals surface area contributed by atoms with Crippen molar-refractivity contribution in [1.29, 1.82) is 0 Å². The maximum Gasteiger partial charge on any atom is 0.296 e. The molecule has 24 heavy (non-hydrogen) atoms. The van der Waals surface area contributed by atoms with E-state index in [4.69, 9.17) is 11.6 Å². The Kier molecular flexibility index (Phi) is 4.36. The molecule has 6 heteroatoms. The van der Waals surface area contributed by atoms with Gasteiger partial charge in [-0.15, -0.1) is 0 Å². The van der Waals surface area contributed by atoms with Gasteiger partial charge in [-0.05, 0) is 41.8 Å². The molecule has 0 atom stereocenters. The number of aliphatic hydroxyl groups excluding tert-OH is 1. The molecular weight excluding hydrogens is 333 g/mol. The summed E-state index contributed by atoms with van der Waals surface area (Å²) in [6.45, 7) is 0.102. The summed E-state index contributed by atoms with van der Waals surface area (Å²) >= 11 is 5.81. The van der Waals surface area contributed by atoms with Crippen LogP contribution in [0.3, 0.4) is 0 Å². The van der Waals surface area contributed by atoms with Gasteiger partial charge in [-0.3, -0.25) is 14.5 Å². The number of nitrogens with zero attached hydrogens (tertiary/aromatic N) is 1. The maximum absolute atomic E-state index is 12.9. The monoisotopic (exact) mass is 345 g/mol. The molecule has 0 aromatic heterocycles. The van der Waals surface area contributed by atoms with Crippen molar-refractivity contribution in [3.8, 4) is 0 Å². The van der Waals surface area contributed by atoms with Crippen LogP contribution in [0.25, 0.3) is 5.57 Å². The van der Waals surface area contributed by atoms with Crippen molar-refractivity contribution in [2.24, 2.45) is 0 Å². The Labute approximate surface area is 142 Å². The Morgan fingerprint density at radius 3 is 2.21 bits per heavy atom. The normalized spacial score (nSPS) is 14.7. The van der Waals surface area contributed by atoms with Gasteiger partial charge in [0, 0.05) is 11.6 Å². The quantitative estimate of drug-likeness (QED) is 0.864. The summed E-state index contributed by atoms with van der Waals surface area (Å²) in [5.74, 6) is -2.20. The third-order valence-electron chi connectivity index (χ3n) is 3.81. The molecule has 1 heterocycles. The number of rotatable bonds is 4. The number of hydrogen-bond acceptors (Lipinski definition) is 3. The van der Waals surface area contributed by atoms with Crippen LogP contribution in [0.2, 0.25) is 5.02 Å². The zero-order chi connectivity index (χ0) is 17.3. The number of imide groups is 1. The van der Waals surface area contributed by atoms with Crippen LogP contribution in [0, 0.1) is 5.82 Å². The summed E-state index contributed by atoms with van der Waals surface area (Å²) < 4.78 is 12.9. The van der Waals surface area contributed by atoms with Crippen LogP contribution in [0.15, 0.2) is 54.3 Å². The van der Waals surface area contributed by atoms with Gasteiger partial charge in [-0.1, -0.05) is 35.9 Å². The Bertz CT molecular complexity index is 828. The number of carbonyl (C=O) groups is 2. The van der Waals surface area contributed by atoms with Crippen LogP contribution in [0.4, 0.5) is 4.39 Å². The van der Waals surface area contributed by atoms with E-state index in [1.807, 2.05) is 0 Å². The fourth-order valence-corrected chi connectivity index (χ4v) is 2.66. The molecule has 0 saturated heterocycles. The van der Waals surface area contributed by atoms with Crippen molar-refractivity contribution in [3.05, 3.63) is 76.3 Å². The summed E-state index contributed by atoms with van der Waals surface area (Å²) in [6, 6.07) is 12.1. The third-order valence-corrected chi connectivity index (χ3v) is 4.07. The molecule has 0 spiro atoms. The molecule has 1 N–H and O–H groups in total. The van der Waals surface area contributed by atoms with E-state index in [9.17, 15) is 19.1 Å². The summed E-state index contributed by atoms with van der Waals surface area (Å²) in [4.78, 5) is 25.6. The third kappa shape index (κ3) is 3.03. The number of halogens is 2. The first-order valence-electron chi connectivity index (χ1n) is 7.27. The lowest BCUT2D eigenvalue weighted by molar-refractivity contribution is -0.138. The van der Waals surface area contributed by atoms with Gasteiger partial charge in [0.2, 0.25) is 0 Å². The van der Waals surface area contributed by atoms with Gasteiger partial charge in [-0.2, -0.15) is 0 Å². The summed E-state index contributed by atoms with van der Waals surface area (Å²) in [6.07, 6.45) is 0.374. The lowest BCUT2D eigenvalue weighted by Gasteiger charge is -2.14. The number of benzene rings is 2. The lowest BCUT2D eigenvalue weighted by Crippen LogP contribution is -2.33. The molecular formula is C18H13ClFNO3. The average molecular weight is 346 g/mol. The smallest absolute Gasteiger partial charge is 0.296 e. The SMILES string of the molecule is O=C1C(O)=C(c2ccc(Cl)cc2)C(=O)N1CCc1ccc(F)cc1. The first-order chi connectivity index (χ1) is 11.5. The van der Waals surface area contributed by atoms with Crippen LogP contribution in [-0.4, -0.2) is 28.4 Å². The van der Waals surface area contributed by atoms with Crippen molar-refractivity contribution in [3.63, 3.8) is 0 Å². The predicted molar refractivity (Wildman–Crippen MR) is 87.8 cm³/mol. The average Bonchev–Trinajstić information content (AvgIpc) is 2.78. The lowest BCUT2D eigenvalue weighted by atomic mass is 10.1. The highest BCUT2D eigenvalue weighted by molar-refractivity contribution is 6.35. The number of carbonyl (C=O) groups excluding carboxylic acids is 2. The van der Waals surface area contributed by atoms with E-state index in [1.165, 1.54) is 12.1 Å². The Morgan fingerprint density at radius 2 is 1.58 bits per heavy atom. The molecule has 0 aliphatic carbocycles. The standard InChI is InChI=1S/C18H13ClFNO3/c19-13-5-3-12(4-6-13)15-16(22)18(24)21(17(15)23)10-9-11-1-7-14(20)8-2-11/h1-8,22H,9-10H2. The molecule has 122 valence electrons. The van der Waals surface area contributed by atoms with Gasteiger partial charge in [0.15, 0.2) is 5.76 Å². The number of amides is 2. The van der Waals surface area contributed by atoms with E-state index in [0.717, 1.165) is 10.5 Å². The van der Waals surface area contributed by atoms with E-state index in [-0.39, 0.29) is 17.9 Å². The Balaban J connectivity index is 1.78. The van der Waals surface area contributed by atoms with Gasteiger partial charge < -0.3 is 5.11 Å². The molecule has 0 radical (unpaired) electrons. The number of aliphatic hydroxyl groups is 1. The minimum atomic E-state index is -0.730. The van der Waals surface area contributed by atoms with Crippen molar-refractivity contribution in [1.82, 2.24) is 4.90 Å². The van der Waals surface area contributed by atoms with E-state index in [0.29, 0.717) is 17.0 Å². The van der Waals surface area contributed by atoms with E-state index >= 15 is 0 Å². The van der Waals surface area contributed by atoms with Crippen molar-refractivity contribution in [2.75, 3.05) is 6.54 Å². The van der Waals surface area contributed by atoms with Crippen LogP contribution >= 0.6 is 11.6 Å². The molecule has 4 nitrogen and oxygen atoms in total. The fraction of sp³-hybridized carbons (Fsp3) is 0.111. The van der Waals surface area contributed by atoms with E-state index < -0.39 is 17.6 Å². The highest BCUT2D eigenvalue weighted by atomic mass is 35.5. The molecule has 1 aliphatic heterocycles. The predicted octanol–water partition coefficient (Wildman–Crippen LogP) is 3.36. The maximum atomic E-state index is 12.9. The van der Waals surface area contributed by atoms with Crippen molar-refractivity contribution < 1.29 is 19.1 Å². The number of hydrogen-bond donors (Lipinski definition) is 1. The first-order valence-corrected chi connectivity index (χ1v) is 7.65. The molecule has 0 saturated carbocycles. The largest absolute Gasteiger partial charge is 0.502 e. The highest BCUT2D eigenvalue weighted by Crippen LogP contribution is 2.28. The van der Waals surface area contributed by atoms with Crippen LogP contribution in [-0.2, 0) is 16.0 Å². The second-order valence-electron chi connectivity index (χ2n) is 5.37. The van der Waals surface area contributed by atoms with Gasteiger partial charge >= 0.3 is 0 Å². The van der Waals surface area contributed by atoms with Gasteiger partial charge in [0.1, 0.15) is 5.82 Å². The topological polar surface area (TPSA) is 57.6 Å². The second-order valence-corrected chi connectivity index (χ2v) is 5.81. The molecule has 2 aromatic carbocycles. The minimum Gasteiger partial charge on any atom is -0.502 e. The molecule has 2 amide bonds. The van der Waals surface area contributed by atoms with Crippen molar-refractivity contribution >= 4 is 29.0 Å². The summed E-state index contributed by atoms with van der Waals surface area (Å²) in [7, 11) is 0. The fourth-order valence-electron chi connectivity index (χ4n) is 2.54. The van der Waals surface area contributed by atoms with Crippen LogP contribution < -0.4 is 0 Å². The van der Waals surface area contributed by atoms with Gasteiger partial charge in [-0.25, -0.2) is 4.39 Å². The van der Waals surface area contributed by atoms with Crippen molar-refractivity contribution in [2.45, 2.75) is 6.42 Å². The molecule has 0 fully saturated rings. The first kappa shape index (κ1) is 16.2. The van der Waals surface area contributed by atoms with Crippen LogP contribution in [0.1, 0.15) is 11.1 Å². The summed E-state index contributed by atoms with van der Waals surface area (Å²) in [5, 5.41) is 10.5. The Hall–Kier alpha value is -2.66. The zero-order valence-electron chi connectivity index (χ0n) is 12.5. The molecule has 0 bridgehead atoms. The molecule has 3 rings (SSSR count). The molecule has 2 aromatic rings. The van der Waals surface area contributed by atoms with E-state index in [2.05, 4.69) is 0 Å². The molecule has 1 aliphatic rings. The highest BCUT2D eigenvalue weighted by Gasteiger charge is 2.38. The van der Waals surface area contributed by atoms with E-state index in [1.54, 1.807) is 36.4 Å². The Morgan fingerprint density at radius 1 is 0.958 bits per heavy atom. The van der Waals surface area contributed by atoms with Gasteiger partial charge in [0.05, 0.1) is 5.57 Å².